The van der Waals surface area contributed by atoms with Crippen molar-refractivity contribution in [2.75, 3.05) is 6.61 Å². The second-order valence-corrected chi connectivity index (χ2v) is 5.17. The van der Waals surface area contributed by atoms with E-state index in [-0.39, 0.29) is 11.9 Å². The minimum Gasteiger partial charge on any atom is -0.491 e. The van der Waals surface area contributed by atoms with Crippen LogP contribution in [-0.2, 0) is 0 Å². The molecule has 2 rings (SSSR count). The first-order valence-corrected chi connectivity index (χ1v) is 6.97. The molecule has 0 aliphatic rings. The lowest BCUT2D eigenvalue weighted by Crippen LogP contribution is -2.36. The lowest BCUT2D eigenvalue weighted by Gasteiger charge is -2.15. The molecule has 1 heterocycles. The molecule has 1 N–H and O–H groups in total. The third-order valence-corrected chi connectivity index (χ3v) is 3.28. The van der Waals surface area contributed by atoms with Gasteiger partial charge >= 0.3 is 0 Å². The number of carbonyl (C=O) groups is 1. The molecule has 0 aliphatic carbocycles. The minimum atomic E-state index is -0.140. The summed E-state index contributed by atoms with van der Waals surface area (Å²) in [6.07, 6.45) is 3.19. The molecule has 110 valence electrons. The van der Waals surface area contributed by atoms with E-state index in [0.29, 0.717) is 12.2 Å². The predicted octanol–water partition coefficient (Wildman–Crippen LogP) is 2.90. The Morgan fingerprint density at radius 1 is 1.29 bits per heavy atom. The Labute approximate surface area is 125 Å². The number of aryl methyl sites for hydroxylation is 2. The highest BCUT2D eigenvalue weighted by Gasteiger charge is 2.10. The second kappa shape index (κ2) is 6.88. The molecule has 4 heteroatoms. The van der Waals surface area contributed by atoms with Crippen molar-refractivity contribution in [3.63, 3.8) is 0 Å². The van der Waals surface area contributed by atoms with E-state index in [9.17, 15) is 4.79 Å². The average molecular weight is 284 g/mol. The zero-order valence-electron chi connectivity index (χ0n) is 12.6. The summed E-state index contributed by atoms with van der Waals surface area (Å²) in [4.78, 5) is 15.9. The van der Waals surface area contributed by atoms with Crippen LogP contribution in [0.5, 0.6) is 5.75 Å². The number of carbonyl (C=O) groups excluding carboxylic acids is 1. The van der Waals surface area contributed by atoms with Crippen molar-refractivity contribution in [1.82, 2.24) is 10.3 Å². The smallest absolute Gasteiger partial charge is 0.253 e. The van der Waals surface area contributed by atoms with Gasteiger partial charge in [-0.05, 0) is 56.2 Å². The van der Waals surface area contributed by atoms with Crippen molar-refractivity contribution >= 4 is 5.91 Å². The number of hydrogen-bond acceptors (Lipinski definition) is 3. The number of aromatic nitrogens is 1. The SMILES string of the molecule is Cc1ccc(OC[C@H](C)NC(=O)c2cccnc2)cc1C. The summed E-state index contributed by atoms with van der Waals surface area (Å²) >= 11 is 0. The molecule has 0 saturated heterocycles. The Kier molecular flexibility index (Phi) is 4.93. The molecule has 1 atom stereocenters. The quantitative estimate of drug-likeness (QED) is 0.918. The van der Waals surface area contributed by atoms with E-state index < -0.39 is 0 Å². The third-order valence-electron chi connectivity index (χ3n) is 3.28. The Morgan fingerprint density at radius 2 is 2.10 bits per heavy atom. The van der Waals surface area contributed by atoms with Crippen molar-refractivity contribution in [3.8, 4) is 5.75 Å². The monoisotopic (exact) mass is 284 g/mol. The molecule has 0 radical (unpaired) electrons. The summed E-state index contributed by atoms with van der Waals surface area (Å²) < 4.78 is 5.71. The van der Waals surface area contributed by atoms with Gasteiger partial charge < -0.3 is 10.1 Å². The minimum absolute atomic E-state index is 0.0840. The molecular formula is C17H20N2O2. The largest absolute Gasteiger partial charge is 0.491 e. The normalized spacial score (nSPS) is 11.8. The lowest BCUT2D eigenvalue weighted by molar-refractivity contribution is 0.0926. The Balaban J connectivity index is 1.86. The predicted molar refractivity (Wildman–Crippen MR) is 82.6 cm³/mol. The van der Waals surface area contributed by atoms with Crippen LogP contribution in [0.4, 0.5) is 0 Å². The highest BCUT2D eigenvalue weighted by Crippen LogP contribution is 2.16. The standard InChI is InChI=1S/C17H20N2O2/c1-12-6-7-16(9-13(12)2)21-11-14(3)19-17(20)15-5-4-8-18-10-15/h4-10,14H,11H2,1-3H3,(H,19,20)/t14-/m0/s1. The number of benzene rings is 1. The van der Waals surface area contributed by atoms with Crippen LogP contribution >= 0.6 is 0 Å². The van der Waals surface area contributed by atoms with E-state index in [1.807, 2.05) is 25.1 Å². The molecule has 0 spiro atoms. The zero-order chi connectivity index (χ0) is 15.2. The fraction of sp³-hybridized carbons (Fsp3) is 0.294. The summed E-state index contributed by atoms with van der Waals surface area (Å²) in [6.45, 7) is 6.45. The highest BCUT2D eigenvalue weighted by atomic mass is 16.5. The van der Waals surface area contributed by atoms with E-state index in [2.05, 4.69) is 24.1 Å². The maximum atomic E-state index is 12.0. The van der Waals surface area contributed by atoms with E-state index in [1.165, 1.54) is 11.1 Å². The van der Waals surface area contributed by atoms with Crippen molar-refractivity contribution in [2.45, 2.75) is 26.8 Å². The van der Waals surface area contributed by atoms with Gasteiger partial charge in [-0.15, -0.1) is 0 Å². The van der Waals surface area contributed by atoms with Crippen LogP contribution in [0.1, 0.15) is 28.4 Å². The molecule has 1 amide bonds. The summed E-state index contributed by atoms with van der Waals surface area (Å²) in [5.41, 5.74) is 2.98. The topological polar surface area (TPSA) is 51.2 Å². The van der Waals surface area contributed by atoms with Crippen LogP contribution in [0.2, 0.25) is 0 Å². The molecule has 0 saturated carbocycles. The van der Waals surface area contributed by atoms with Gasteiger partial charge in [0.05, 0.1) is 11.6 Å². The number of pyridine rings is 1. The van der Waals surface area contributed by atoms with Crippen LogP contribution in [0.15, 0.2) is 42.7 Å². The molecule has 2 aromatic rings. The molecule has 0 bridgehead atoms. The van der Waals surface area contributed by atoms with Crippen molar-refractivity contribution < 1.29 is 9.53 Å². The van der Waals surface area contributed by atoms with Gasteiger partial charge in [0.1, 0.15) is 12.4 Å². The Hall–Kier alpha value is -2.36. The van der Waals surface area contributed by atoms with Gasteiger partial charge in [-0.1, -0.05) is 6.07 Å². The van der Waals surface area contributed by atoms with Crippen LogP contribution < -0.4 is 10.1 Å². The molecular weight excluding hydrogens is 264 g/mol. The van der Waals surface area contributed by atoms with E-state index in [1.54, 1.807) is 24.5 Å². The summed E-state index contributed by atoms with van der Waals surface area (Å²) in [5.74, 6) is 0.680. The summed E-state index contributed by atoms with van der Waals surface area (Å²) in [5, 5.41) is 2.89. The van der Waals surface area contributed by atoms with E-state index in [4.69, 9.17) is 4.74 Å². The Bertz CT molecular complexity index is 611. The molecule has 4 nitrogen and oxygen atoms in total. The first kappa shape index (κ1) is 15.0. The van der Waals surface area contributed by atoms with Gasteiger partial charge in [-0.25, -0.2) is 0 Å². The van der Waals surface area contributed by atoms with Crippen molar-refractivity contribution in [1.29, 1.82) is 0 Å². The molecule has 0 aliphatic heterocycles. The van der Waals surface area contributed by atoms with Gasteiger partial charge in [0.15, 0.2) is 0 Å². The molecule has 0 unspecified atom stereocenters. The lowest BCUT2D eigenvalue weighted by atomic mass is 10.1. The zero-order valence-corrected chi connectivity index (χ0v) is 12.6. The Morgan fingerprint density at radius 3 is 2.76 bits per heavy atom. The summed E-state index contributed by atoms with van der Waals surface area (Å²) in [7, 11) is 0. The van der Waals surface area contributed by atoms with Crippen molar-refractivity contribution in [3.05, 3.63) is 59.4 Å². The van der Waals surface area contributed by atoms with Gasteiger partial charge in [0.2, 0.25) is 0 Å². The molecule has 0 fully saturated rings. The number of nitrogens with zero attached hydrogens (tertiary/aromatic N) is 1. The van der Waals surface area contributed by atoms with Crippen LogP contribution in [0.3, 0.4) is 0 Å². The van der Waals surface area contributed by atoms with E-state index in [0.717, 1.165) is 5.75 Å². The number of ether oxygens (including phenoxy) is 1. The number of amides is 1. The third kappa shape index (κ3) is 4.31. The van der Waals surface area contributed by atoms with Crippen LogP contribution in [0, 0.1) is 13.8 Å². The van der Waals surface area contributed by atoms with E-state index >= 15 is 0 Å². The maximum absolute atomic E-state index is 12.0. The van der Waals surface area contributed by atoms with Crippen molar-refractivity contribution in [2.24, 2.45) is 0 Å². The molecule has 1 aromatic carbocycles. The van der Waals surface area contributed by atoms with Crippen LogP contribution in [-0.4, -0.2) is 23.5 Å². The average Bonchev–Trinajstić information content (AvgIpc) is 2.49. The summed E-state index contributed by atoms with van der Waals surface area (Å²) in [6, 6.07) is 9.37. The van der Waals surface area contributed by atoms with Gasteiger partial charge in [0, 0.05) is 12.4 Å². The first-order valence-electron chi connectivity index (χ1n) is 6.97. The first-order chi connectivity index (χ1) is 10.1. The maximum Gasteiger partial charge on any atom is 0.253 e. The van der Waals surface area contributed by atoms with Gasteiger partial charge in [-0.3, -0.25) is 9.78 Å². The number of nitrogens with one attached hydrogen (secondary N) is 1. The molecule has 1 aromatic heterocycles. The number of hydrogen-bond donors (Lipinski definition) is 1. The molecule has 21 heavy (non-hydrogen) atoms. The van der Waals surface area contributed by atoms with Crippen LogP contribution in [0.25, 0.3) is 0 Å². The number of rotatable bonds is 5. The van der Waals surface area contributed by atoms with Gasteiger partial charge in [0.25, 0.3) is 5.91 Å². The van der Waals surface area contributed by atoms with Gasteiger partial charge in [-0.2, -0.15) is 0 Å². The second-order valence-electron chi connectivity index (χ2n) is 5.17. The fourth-order valence-corrected chi connectivity index (χ4v) is 1.87. The highest BCUT2D eigenvalue weighted by molar-refractivity contribution is 5.93. The fourth-order valence-electron chi connectivity index (χ4n) is 1.87.